The van der Waals surface area contributed by atoms with Crippen molar-refractivity contribution < 1.29 is 5.11 Å². The van der Waals surface area contributed by atoms with Crippen molar-refractivity contribution in [2.24, 2.45) is 0 Å². The molecule has 2 aromatic heterocycles. The number of rotatable bonds is 2. The maximum Gasteiger partial charge on any atom is 0.223 e. The third-order valence-corrected chi connectivity index (χ3v) is 4.02. The summed E-state index contributed by atoms with van der Waals surface area (Å²) in [5.74, 6) is -0.269. The van der Waals surface area contributed by atoms with E-state index in [4.69, 9.17) is 0 Å². The van der Waals surface area contributed by atoms with Gasteiger partial charge >= 0.3 is 0 Å². The third-order valence-electron chi connectivity index (χ3n) is 4.02. The van der Waals surface area contributed by atoms with Crippen LogP contribution in [-0.2, 0) is 0 Å². The molecule has 0 saturated carbocycles. The first-order valence-corrected chi connectivity index (χ1v) is 7.57. The summed E-state index contributed by atoms with van der Waals surface area (Å²) in [5, 5.41) is 11.9. The fourth-order valence-electron chi connectivity index (χ4n) is 2.81. The largest absolute Gasteiger partial charge is 0.503 e. The Bertz CT molecular complexity index is 1090. The number of hydrogen-bond acceptors (Lipinski definition) is 3. The van der Waals surface area contributed by atoms with E-state index in [1.165, 1.54) is 12.3 Å². The Labute approximate surface area is 138 Å². The van der Waals surface area contributed by atoms with Crippen molar-refractivity contribution in [1.82, 2.24) is 9.55 Å². The average molecular weight is 314 g/mol. The van der Waals surface area contributed by atoms with Crippen LogP contribution in [-0.4, -0.2) is 14.7 Å². The van der Waals surface area contributed by atoms with Crippen molar-refractivity contribution in [3.63, 3.8) is 0 Å². The molecular weight excluding hydrogens is 300 g/mol. The van der Waals surface area contributed by atoms with E-state index in [0.717, 1.165) is 27.6 Å². The monoisotopic (exact) mass is 314 g/mol. The molecule has 4 rings (SSSR count). The van der Waals surface area contributed by atoms with Gasteiger partial charge in [0.25, 0.3) is 0 Å². The van der Waals surface area contributed by atoms with Gasteiger partial charge in [0.1, 0.15) is 0 Å². The molecule has 24 heavy (non-hydrogen) atoms. The lowest BCUT2D eigenvalue weighted by Gasteiger charge is -2.10. The smallest absolute Gasteiger partial charge is 0.223 e. The average Bonchev–Trinajstić information content (AvgIpc) is 2.63. The molecule has 4 heteroatoms. The first kappa shape index (κ1) is 14.2. The number of fused-ring (bicyclic) bond motifs is 1. The summed E-state index contributed by atoms with van der Waals surface area (Å²) in [7, 11) is 0. The SMILES string of the molecule is O=c1ccn(-c2cccc(-c3cncc4ccccc34)c2)cc1O. The lowest BCUT2D eigenvalue weighted by molar-refractivity contribution is 0.465. The summed E-state index contributed by atoms with van der Waals surface area (Å²) < 4.78 is 1.72. The number of nitrogens with zero attached hydrogens (tertiary/aromatic N) is 2. The van der Waals surface area contributed by atoms with Crippen molar-refractivity contribution in [3.8, 4) is 22.6 Å². The molecule has 1 N–H and O–H groups in total. The lowest BCUT2D eigenvalue weighted by Crippen LogP contribution is -2.03. The highest BCUT2D eigenvalue weighted by Crippen LogP contribution is 2.28. The van der Waals surface area contributed by atoms with Gasteiger partial charge in [0.2, 0.25) is 5.43 Å². The van der Waals surface area contributed by atoms with Gasteiger partial charge in [-0.2, -0.15) is 0 Å². The van der Waals surface area contributed by atoms with Crippen LogP contribution in [0.2, 0.25) is 0 Å². The van der Waals surface area contributed by atoms with Crippen molar-refractivity contribution >= 4 is 10.8 Å². The summed E-state index contributed by atoms with van der Waals surface area (Å²) in [4.78, 5) is 15.7. The lowest BCUT2D eigenvalue weighted by atomic mass is 10.0. The van der Waals surface area contributed by atoms with Crippen LogP contribution < -0.4 is 5.43 Å². The van der Waals surface area contributed by atoms with Gasteiger partial charge in [0.05, 0.1) is 6.20 Å². The topological polar surface area (TPSA) is 55.1 Å². The Hall–Kier alpha value is -3.40. The van der Waals surface area contributed by atoms with E-state index in [1.54, 1.807) is 10.8 Å². The fraction of sp³-hybridized carbons (Fsp3) is 0. The second-order valence-electron chi connectivity index (χ2n) is 5.56. The van der Waals surface area contributed by atoms with Gasteiger partial charge in [-0.1, -0.05) is 36.4 Å². The molecular formula is C20H14N2O2. The molecule has 0 saturated heterocycles. The molecule has 0 aliphatic heterocycles. The van der Waals surface area contributed by atoms with Gasteiger partial charge in [-0.05, 0) is 23.1 Å². The predicted octanol–water partition coefficient (Wildman–Crippen LogP) is 3.76. The van der Waals surface area contributed by atoms with Gasteiger partial charge in [-0.3, -0.25) is 9.78 Å². The maximum absolute atomic E-state index is 11.4. The van der Waals surface area contributed by atoms with Gasteiger partial charge in [0.15, 0.2) is 5.75 Å². The molecule has 0 unspecified atom stereocenters. The highest BCUT2D eigenvalue weighted by Gasteiger charge is 2.06. The van der Waals surface area contributed by atoms with Gasteiger partial charge in [-0.15, -0.1) is 0 Å². The van der Waals surface area contributed by atoms with Gasteiger partial charge < -0.3 is 9.67 Å². The van der Waals surface area contributed by atoms with E-state index in [1.807, 2.05) is 54.9 Å². The molecule has 4 nitrogen and oxygen atoms in total. The summed E-state index contributed by atoms with van der Waals surface area (Å²) in [6, 6.07) is 17.4. The number of aromatic nitrogens is 2. The molecule has 2 heterocycles. The molecule has 0 spiro atoms. The minimum atomic E-state index is -0.388. The van der Waals surface area contributed by atoms with Crippen LogP contribution in [0.4, 0.5) is 0 Å². The second kappa shape index (κ2) is 5.66. The van der Waals surface area contributed by atoms with Gasteiger partial charge in [-0.25, -0.2) is 0 Å². The Morgan fingerprint density at radius 1 is 0.958 bits per heavy atom. The molecule has 116 valence electrons. The predicted molar refractivity (Wildman–Crippen MR) is 94.4 cm³/mol. The van der Waals surface area contributed by atoms with Crippen molar-refractivity contribution in [2.45, 2.75) is 0 Å². The summed E-state index contributed by atoms with van der Waals surface area (Å²) in [6.45, 7) is 0. The molecule has 0 aliphatic rings. The molecule has 0 fully saturated rings. The number of benzene rings is 2. The van der Waals surface area contributed by atoms with Crippen LogP contribution in [0, 0.1) is 0 Å². The van der Waals surface area contributed by atoms with E-state index in [0.29, 0.717) is 0 Å². The van der Waals surface area contributed by atoms with E-state index >= 15 is 0 Å². The van der Waals surface area contributed by atoms with Crippen LogP contribution >= 0.6 is 0 Å². The summed E-state index contributed by atoms with van der Waals surface area (Å²) >= 11 is 0. The number of aromatic hydroxyl groups is 1. The van der Waals surface area contributed by atoms with E-state index in [2.05, 4.69) is 11.1 Å². The Kier molecular flexibility index (Phi) is 3.35. The normalized spacial score (nSPS) is 10.8. The van der Waals surface area contributed by atoms with Crippen molar-refractivity contribution in [3.05, 3.63) is 89.6 Å². The Morgan fingerprint density at radius 2 is 1.83 bits per heavy atom. The summed E-state index contributed by atoms with van der Waals surface area (Å²) in [6.07, 6.45) is 6.76. The summed E-state index contributed by atoms with van der Waals surface area (Å²) in [5.41, 5.74) is 2.53. The fourth-order valence-corrected chi connectivity index (χ4v) is 2.81. The molecule has 0 bridgehead atoms. The zero-order valence-electron chi connectivity index (χ0n) is 12.8. The molecule has 0 radical (unpaired) electrons. The van der Waals surface area contributed by atoms with Gasteiger partial charge in [0, 0.05) is 41.3 Å². The molecule has 2 aromatic carbocycles. The van der Waals surface area contributed by atoms with Crippen molar-refractivity contribution in [2.75, 3.05) is 0 Å². The standard InChI is InChI=1S/C20H14N2O2/c23-19-8-9-22(13-20(19)24)16-6-3-5-14(10-16)18-12-21-11-15-4-1-2-7-17(15)18/h1-13,24H. The second-order valence-corrected chi connectivity index (χ2v) is 5.56. The third kappa shape index (κ3) is 2.44. The Morgan fingerprint density at radius 3 is 2.71 bits per heavy atom. The quantitative estimate of drug-likeness (QED) is 0.613. The van der Waals surface area contributed by atoms with E-state index < -0.39 is 0 Å². The van der Waals surface area contributed by atoms with Crippen LogP contribution in [0.3, 0.4) is 0 Å². The van der Waals surface area contributed by atoms with E-state index in [-0.39, 0.29) is 11.2 Å². The highest BCUT2D eigenvalue weighted by molar-refractivity contribution is 5.95. The highest BCUT2D eigenvalue weighted by atomic mass is 16.3. The molecule has 4 aromatic rings. The minimum absolute atomic E-state index is 0.269. The first-order valence-electron chi connectivity index (χ1n) is 7.57. The molecule has 0 amide bonds. The minimum Gasteiger partial charge on any atom is -0.503 e. The van der Waals surface area contributed by atoms with Crippen LogP contribution in [0.5, 0.6) is 5.75 Å². The Balaban J connectivity index is 1.88. The zero-order chi connectivity index (χ0) is 16.5. The molecule has 0 atom stereocenters. The van der Waals surface area contributed by atoms with Crippen molar-refractivity contribution in [1.29, 1.82) is 0 Å². The molecule has 0 aliphatic carbocycles. The van der Waals surface area contributed by atoms with Crippen LogP contribution in [0.1, 0.15) is 0 Å². The van der Waals surface area contributed by atoms with Crippen LogP contribution in [0.25, 0.3) is 27.6 Å². The zero-order valence-corrected chi connectivity index (χ0v) is 12.8. The number of pyridine rings is 2. The maximum atomic E-state index is 11.4. The van der Waals surface area contributed by atoms with E-state index in [9.17, 15) is 9.90 Å². The first-order chi connectivity index (χ1) is 11.7. The van der Waals surface area contributed by atoms with Crippen LogP contribution in [0.15, 0.2) is 84.2 Å². The number of hydrogen-bond donors (Lipinski definition) is 1.